The molecule has 1 rings (SSSR count). The molecule has 0 unspecified atom stereocenters. The first-order valence-corrected chi connectivity index (χ1v) is 7.76. The second-order valence-electron chi connectivity index (χ2n) is 4.95. The first-order valence-electron chi connectivity index (χ1n) is 6.32. The minimum Gasteiger partial charge on any atom is -0.310 e. The van der Waals surface area contributed by atoms with Crippen molar-refractivity contribution in [1.82, 2.24) is 19.8 Å². The second-order valence-corrected chi connectivity index (χ2v) is 6.93. The molecule has 21 heavy (non-hydrogen) atoms. The molecular weight excluding hydrogens is 309 g/mol. The van der Waals surface area contributed by atoms with Gasteiger partial charge >= 0.3 is 6.18 Å². The molecule has 0 saturated carbocycles. The van der Waals surface area contributed by atoms with Crippen molar-refractivity contribution in [2.24, 2.45) is 0 Å². The van der Waals surface area contributed by atoms with E-state index in [1.807, 2.05) is 13.8 Å². The minimum atomic E-state index is -4.40. The maximum absolute atomic E-state index is 12.2. The van der Waals surface area contributed by atoms with Gasteiger partial charge < -0.3 is 5.32 Å². The number of alkyl halides is 3. The molecule has 2 N–H and O–H groups in total. The fraction of sp³-hybridized carbons (Fsp3) is 0.727. The molecule has 0 atom stereocenters. The van der Waals surface area contributed by atoms with E-state index in [1.165, 1.54) is 6.20 Å². The zero-order chi connectivity index (χ0) is 16.3. The Bertz CT molecular complexity index is 554. The van der Waals surface area contributed by atoms with Crippen molar-refractivity contribution < 1.29 is 21.6 Å². The van der Waals surface area contributed by atoms with Crippen LogP contribution in [0.3, 0.4) is 0 Å². The SMILES string of the molecule is CC(C)NCc1cn[nH]c1S(=O)(=O)N(C)CCC(F)(F)F. The fourth-order valence-electron chi connectivity index (χ4n) is 1.52. The number of hydrogen-bond acceptors (Lipinski definition) is 4. The molecule has 10 heteroatoms. The average molecular weight is 328 g/mol. The summed E-state index contributed by atoms with van der Waals surface area (Å²) in [4.78, 5) is 0. The van der Waals surface area contributed by atoms with Crippen LogP contribution >= 0.6 is 0 Å². The van der Waals surface area contributed by atoms with Crippen LogP contribution in [0.1, 0.15) is 25.8 Å². The van der Waals surface area contributed by atoms with Crippen LogP contribution in [-0.2, 0) is 16.6 Å². The van der Waals surface area contributed by atoms with Gasteiger partial charge in [0.05, 0.1) is 12.6 Å². The number of nitrogens with zero attached hydrogens (tertiary/aromatic N) is 2. The third kappa shape index (κ3) is 5.29. The molecule has 6 nitrogen and oxygen atoms in total. The molecule has 122 valence electrons. The van der Waals surface area contributed by atoms with Crippen LogP contribution in [0.15, 0.2) is 11.2 Å². The zero-order valence-corrected chi connectivity index (χ0v) is 12.8. The summed E-state index contributed by atoms with van der Waals surface area (Å²) >= 11 is 0. The van der Waals surface area contributed by atoms with Gasteiger partial charge in [0.1, 0.15) is 0 Å². The van der Waals surface area contributed by atoms with Crippen molar-refractivity contribution in [2.75, 3.05) is 13.6 Å². The second kappa shape index (κ2) is 6.75. The Labute approximate surface area is 121 Å². The number of nitrogens with one attached hydrogen (secondary N) is 2. The van der Waals surface area contributed by atoms with E-state index in [-0.39, 0.29) is 17.6 Å². The predicted molar refractivity (Wildman–Crippen MR) is 71.1 cm³/mol. The van der Waals surface area contributed by atoms with Gasteiger partial charge in [0.25, 0.3) is 10.0 Å². The van der Waals surface area contributed by atoms with E-state index < -0.39 is 29.2 Å². The lowest BCUT2D eigenvalue weighted by Crippen LogP contribution is -2.32. The van der Waals surface area contributed by atoms with Gasteiger partial charge in [0.15, 0.2) is 5.03 Å². The van der Waals surface area contributed by atoms with Crippen LogP contribution in [0.5, 0.6) is 0 Å². The number of H-pyrrole nitrogens is 1. The Morgan fingerprint density at radius 1 is 1.43 bits per heavy atom. The van der Waals surface area contributed by atoms with Gasteiger partial charge in [0, 0.05) is 31.7 Å². The van der Waals surface area contributed by atoms with Crippen LogP contribution in [0.25, 0.3) is 0 Å². The summed E-state index contributed by atoms with van der Waals surface area (Å²) in [6, 6.07) is 0.137. The highest BCUT2D eigenvalue weighted by Crippen LogP contribution is 2.22. The van der Waals surface area contributed by atoms with E-state index in [0.717, 1.165) is 7.05 Å². The highest BCUT2D eigenvalue weighted by molar-refractivity contribution is 7.89. The topological polar surface area (TPSA) is 78.1 Å². The summed E-state index contributed by atoms with van der Waals surface area (Å²) in [5.74, 6) is 0. The highest BCUT2D eigenvalue weighted by atomic mass is 32.2. The van der Waals surface area contributed by atoms with Gasteiger partial charge in [-0.25, -0.2) is 8.42 Å². The summed E-state index contributed by atoms with van der Waals surface area (Å²) in [6.45, 7) is 3.41. The van der Waals surface area contributed by atoms with Crippen LogP contribution in [-0.4, -0.2) is 48.7 Å². The standard InChI is InChI=1S/C11H19F3N4O2S/c1-8(2)15-6-9-7-16-17-10(9)21(19,20)18(3)5-4-11(12,13)14/h7-8,15H,4-6H2,1-3H3,(H,16,17). The van der Waals surface area contributed by atoms with Crippen LogP contribution in [0.2, 0.25) is 0 Å². The summed E-state index contributed by atoms with van der Waals surface area (Å²) in [7, 11) is -2.91. The van der Waals surface area contributed by atoms with E-state index in [1.54, 1.807) is 0 Å². The zero-order valence-electron chi connectivity index (χ0n) is 12.0. The van der Waals surface area contributed by atoms with Gasteiger partial charge in [-0.1, -0.05) is 13.8 Å². The van der Waals surface area contributed by atoms with E-state index in [9.17, 15) is 21.6 Å². The number of aromatic nitrogens is 2. The third-order valence-electron chi connectivity index (χ3n) is 2.76. The van der Waals surface area contributed by atoms with E-state index in [0.29, 0.717) is 9.87 Å². The first-order chi connectivity index (χ1) is 9.54. The number of rotatable bonds is 7. The Balaban J connectivity index is 2.85. The molecule has 0 saturated heterocycles. The molecule has 0 aliphatic heterocycles. The third-order valence-corrected chi connectivity index (χ3v) is 4.63. The molecule has 0 amide bonds. The molecular formula is C11H19F3N4O2S. The van der Waals surface area contributed by atoms with Crippen molar-refractivity contribution >= 4 is 10.0 Å². The Hall–Kier alpha value is -1.13. The monoisotopic (exact) mass is 328 g/mol. The summed E-state index contributed by atoms with van der Waals surface area (Å²) in [5, 5.41) is 8.86. The van der Waals surface area contributed by atoms with Crippen LogP contribution < -0.4 is 5.32 Å². The largest absolute Gasteiger partial charge is 0.390 e. The first kappa shape index (κ1) is 17.9. The summed E-state index contributed by atoms with van der Waals surface area (Å²) in [6.07, 6.45) is -4.25. The van der Waals surface area contributed by atoms with Crippen molar-refractivity contribution in [3.05, 3.63) is 11.8 Å². The van der Waals surface area contributed by atoms with E-state index >= 15 is 0 Å². The lowest BCUT2D eigenvalue weighted by molar-refractivity contribution is -0.135. The molecule has 0 aliphatic rings. The molecule has 0 spiro atoms. The molecule has 1 aromatic rings. The van der Waals surface area contributed by atoms with Crippen molar-refractivity contribution in [1.29, 1.82) is 0 Å². The molecule has 0 bridgehead atoms. The Kier molecular flexibility index (Phi) is 5.76. The Morgan fingerprint density at radius 2 is 2.05 bits per heavy atom. The van der Waals surface area contributed by atoms with Crippen LogP contribution in [0.4, 0.5) is 13.2 Å². The lowest BCUT2D eigenvalue weighted by Gasteiger charge is -2.18. The number of hydrogen-bond donors (Lipinski definition) is 2. The smallest absolute Gasteiger partial charge is 0.310 e. The minimum absolute atomic E-state index is 0.137. The summed E-state index contributed by atoms with van der Waals surface area (Å²) in [5.41, 5.74) is 0.391. The quantitative estimate of drug-likeness (QED) is 0.795. The van der Waals surface area contributed by atoms with Crippen molar-refractivity contribution in [3.63, 3.8) is 0 Å². The number of aromatic amines is 1. The van der Waals surface area contributed by atoms with Gasteiger partial charge in [-0.3, -0.25) is 5.10 Å². The average Bonchev–Trinajstić information content (AvgIpc) is 2.81. The van der Waals surface area contributed by atoms with Gasteiger partial charge in [0.2, 0.25) is 0 Å². The lowest BCUT2D eigenvalue weighted by atomic mass is 10.3. The van der Waals surface area contributed by atoms with Crippen molar-refractivity contribution in [3.8, 4) is 0 Å². The van der Waals surface area contributed by atoms with E-state index in [2.05, 4.69) is 15.5 Å². The van der Waals surface area contributed by atoms with E-state index in [4.69, 9.17) is 0 Å². The molecule has 0 fully saturated rings. The predicted octanol–water partition coefficient (Wildman–Crippen LogP) is 1.48. The van der Waals surface area contributed by atoms with Gasteiger partial charge in [-0.2, -0.15) is 22.6 Å². The molecule has 1 heterocycles. The molecule has 0 radical (unpaired) electrons. The highest BCUT2D eigenvalue weighted by Gasteiger charge is 2.32. The molecule has 1 aromatic heterocycles. The number of sulfonamides is 1. The normalized spacial score (nSPS) is 13.3. The maximum atomic E-state index is 12.2. The maximum Gasteiger partial charge on any atom is 0.390 e. The van der Waals surface area contributed by atoms with Gasteiger partial charge in [-0.05, 0) is 0 Å². The van der Waals surface area contributed by atoms with Crippen molar-refractivity contribution in [2.45, 2.75) is 44.1 Å². The summed E-state index contributed by atoms with van der Waals surface area (Å²) < 4.78 is 61.7. The van der Waals surface area contributed by atoms with Crippen LogP contribution in [0, 0.1) is 0 Å². The Morgan fingerprint density at radius 3 is 2.57 bits per heavy atom. The molecule has 0 aromatic carbocycles. The number of halogens is 3. The molecule has 0 aliphatic carbocycles. The fourth-order valence-corrected chi connectivity index (χ4v) is 2.79. The van der Waals surface area contributed by atoms with Gasteiger partial charge in [-0.15, -0.1) is 0 Å².